The number of hydrogen-bond donors (Lipinski definition) is 2. The van der Waals surface area contributed by atoms with E-state index >= 15 is 0 Å². The smallest absolute Gasteiger partial charge is 0.270 e. The molecule has 29 heavy (non-hydrogen) atoms. The minimum Gasteiger partial charge on any atom is -0.481 e. The maximum absolute atomic E-state index is 12.6. The lowest BCUT2D eigenvalue weighted by Crippen LogP contribution is -2.26. The Balaban J connectivity index is 1.50. The lowest BCUT2D eigenvalue weighted by atomic mass is 10.1. The predicted octanol–water partition coefficient (Wildman–Crippen LogP) is 2.69. The molecule has 4 rings (SSSR count). The van der Waals surface area contributed by atoms with Gasteiger partial charge < -0.3 is 15.4 Å². The summed E-state index contributed by atoms with van der Waals surface area (Å²) < 4.78 is 5.15. The second-order valence-electron chi connectivity index (χ2n) is 6.66. The number of hydrogen-bond acceptors (Lipinski definition) is 6. The third-order valence-electron chi connectivity index (χ3n) is 4.39. The highest BCUT2D eigenvalue weighted by atomic mass is 16.5. The van der Waals surface area contributed by atoms with Crippen LogP contribution in [0.1, 0.15) is 33.7 Å². The Morgan fingerprint density at radius 1 is 1.10 bits per heavy atom. The van der Waals surface area contributed by atoms with Gasteiger partial charge in [-0.2, -0.15) is 0 Å². The molecule has 8 heteroatoms. The van der Waals surface area contributed by atoms with Crippen LogP contribution in [0.15, 0.2) is 55.0 Å². The van der Waals surface area contributed by atoms with Crippen LogP contribution in [-0.2, 0) is 0 Å². The Morgan fingerprint density at radius 2 is 1.97 bits per heavy atom. The molecule has 146 valence electrons. The highest BCUT2D eigenvalue weighted by molar-refractivity contribution is 6.05. The van der Waals surface area contributed by atoms with Gasteiger partial charge in [0, 0.05) is 35.6 Å². The molecule has 0 bridgehead atoms. The maximum atomic E-state index is 12.6. The van der Waals surface area contributed by atoms with Crippen molar-refractivity contribution in [1.29, 1.82) is 0 Å². The van der Waals surface area contributed by atoms with Crippen LogP contribution in [0.5, 0.6) is 5.88 Å². The zero-order valence-electron chi connectivity index (χ0n) is 15.8. The number of carbonyl (C=O) groups is 2. The van der Waals surface area contributed by atoms with Crippen molar-refractivity contribution in [1.82, 2.24) is 20.3 Å². The summed E-state index contributed by atoms with van der Waals surface area (Å²) in [6.07, 6.45) is 6.62. The quantitative estimate of drug-likeness (QED) is 0.671. The number of nitrogens with zero attached hydrogens (tertiary/aromatic N) is 3. The van der Waals surface area contributed by atoms with E-state index in [4.69, 9.17) is 4.74 Å². The van der Waals surface area contributed by atoms with Gasteiger partial charge in [-0.15, -0.1) is 0 Å². The minimum atomic E-state index is -0.356. The Kier molecular flexibility index (Phi) is 5.15. The molecule has 0 spiro atoms. The van der Waals surface area contributed by atoms with E-state index < -0.39 is 0 Å². The normalized spacial score (nSPS) is 12.9. The van der Waals surface area contributed by atoms with E-state index in [2.05, 4.69) is 25.6 Å². The third kappa shape index (κ3) is 4.55. The largest absolute Gasteiger partial charge is 0.481 e. The number of rotatable bonds is 6. The van der Waals surface area contributed by atoms with Crippen molar-refractivity contribution < 1.29 is 14.3 Å². The van der Waals surface area contributed by atoms with Gasteiger partial charge in [-0.05, 0) is 37.1 Å². The van der Waals surface area contributed by atoms with Crippen LogP contribution in [0.2, 0.25) is 0 Å². The van der Waals surface area contributed by atoms with Crippen LogP contribution in [0, 0.1) is 0 Å². The SMILES string of the molecule is COc1cccc(-c2cncc(NC(=O)c3ccnc(C(=O)NC4CC4)c3)c2)n1. The molecule has 8 nitrogen and oxygen atoms in total. The monoisotopic (exact) mass is 389 g/mol. The average molecular weight is 389 g/mol. The fourth-order valence-corrected chi connectivity index (χ4v) is 2.72. The lowest BCUT2D eigenvalue weighted by Gasteiger charge is -2.08. The lowest BCUT2D eigenvalue weighted by molar-refractivity contribution is 0.0946. The van der Waals surface area contributed by atoms with Gasteiger partial charge in [0.2, 0.25) is 5.88 Å². The van der Waals surface area contributed by atoms with Crippen molar-refractivity contribution in [3.63, 3.8) is 0 Å². The van der Waals surface area contributed by atoms with Gasteiger partial charge in [-0.25, -0.2) is 4.98 Å². The summed E-state index contributed by atoms with van der Waals surface area (Å²) in [7, 11) is 1.55. The molecule has 2 amide bonds. The van der Waals surface area contributed by atoms with E-state index in [-0.39, 0.29) is 23.6 Å². The summed E-state index contributed by atoms with van der Waals surface area (Å²) in [4.78, 5) is 37.4. The summed E-state index contributed by atoms with van der Waals surface area (Å²) in [5, 5.41) is 5.66. The van der Waals surface area contributed by atoms with Crippen molar-refractivity contribution >= 4 is 17.5 Å². The van der Waals surface area contributed by atoms with E-state index in [9.17, 15) is 9.59 Å². The van der Waals surface area contributed by atoms with Gasteiger partial charge in [-0.1, -0.05) is 6.07 Å². The molecule has 2 N–H and O–H groups in total. The number of ether oxygens (including phenoxy) is 1. The number of nitrogens with one attached hydrogen (secondary N) is 2. The van der Waals surface area contributed by atoms with Gasteiger partial charge in [-0.3, -0.25) is 19.6 Å². The average Bonchev–Trinajstić information content (AvgIpc) is 3.58. The van der Waals surface area contributed by atoms with Crippen molar-refractivity contribution in [3.8, 4) is 17.1 Å². The Hall–Kier alpha value is -3.81. The molecule has 0 saturated heterocycles. The van der Waals surface area contributed by atoms with E-state index in [0.717, 1.165) is 18.4 Å². The summed E-state index contributed by atoms with van der Waals surface area (Å²) in [6, 6.07) is 10.5. The Morgan fingerprint density at radius 3 is 2.76 bits per heavy atom. The first-order valence-corrected chi connectivity index (χ1v) is 9.17. The van der Waals surface area contributed by atoms with Crippen LogP contribution >= 0.6 is 0 Å². The molecule has 0 radical (unpaired) electrons. The fraction of sp³-hybridized carbons (Fsp3) is 0.190. The third-order valence-corrected chi connectivity index (χ3v) is 4.39. The molecule has 0 aromatic carbocycles. The second kappa shape index (κ2) is 8.05. The number of pyridine rings is 3. The molecule has 0 atom stereocenters. The van der Waals surface area contributed by atoms with Crippen molar-refractivity contribution in [2.45, 2.75) is 18.9 Å². The van der Waals surface area contributed by atoms with E-state index in [1.165, 1.54) is 12.3 Å². The molecule has 0 unspecified atom stereocenters. The highest BCUT2D eigenvalue weighted by Crippen LogP contribution is 2.22. The van der Waals surface area contributed by atoms with Gasteiger partial charge in [0.05, 0.1) is 24.7 Å². The van der Waals surface area contributed by atoms with Gasteiger partial charge in [0.15, 0.2) is 0 Å². The fourth-order valence-electron chi connectivity index (χ4n) is 2.72. The number of aromatic nitrogens is 3. The van der Waals surface area contributed by atoms with Crippen LogP contribution in [0.4, 0.5) is 5.69 Å². The van der Waals surface area contributed by atoms with Crippen molar-refractivity contribution in [3.05, 3.63) is 66.2 Å². The number of amides is 2. The number of carbonyl (C=O) groups excluding carboxylic acids is 2. The summed E-state index contributed by atoms with van der Waals surface area (Å²) in [5.74, 6) is -0.133. The second-order valence-corrected chi connectivity index (χ2v) is 6.66. The maximum Gasteiger partial charge on any atom is 0.270 e. The Labute approximate surface area is 167 Å². The van der Waals surface area contributed by atoms with E-state index in [1.54, 1.807) is 37.7 Å². The van der Waals surface area contributed by atoms with Crippen LogP contribution in [-0.4, -0.2) is 39.9 Å². The number of methoxy groups -OCH3 is 1. The van der Waals surface area contributed by atoms with Crippen LogP contribution < -0.4 is 15.4 Å². The van der Waals surface area contributed by atoms with Crippen molar-refractivity contribution in [2.75, 3.05) is 12.4 Å². The zero-order valence-corrected chi connectivity index (χ0v) is 15.8. The summed E-state index contributed by atoms with van der Waals surface area (Å²) >= 11 is 0. The van der Waals surface area contributed by atoms with Crippen molar-refractivity contribution in [2.24, 2.45) is 0 Å². The molecule has 3 aromatic heterocycles. The molecule has 1 aliphatic rings. The van der Waals surface area contributed by atoms with Crippen LogP contribution in [0.3, 0.4) is 0 Å². The highest BCUT2D eigenvalue weighted by Gasteiger charge is 2.24. The first-order valence-electron chi connectivity index (χ1n) is 9.17. The first kappa shape index (κ1) is 18.5. The molecular formula is C21H19N5O3. The molecule has 1 aliphatic carbocycles. The summed E-state index contributed by atoms with van der Waals surface area (Å²) in [5.41, 5.74) is 2.48. The topological polar surface area (TPSA) is 106 Å². The first-order chi connectivity index (χ1) is 14.1. The van der Waals surface area contributed by atoms with E-state index in [1.807, 2.05) is 12.1 Å². The zero-order chi connectivity index (χ0) is 20.2. The van der Waals surface area contributed by atoms with Gasteiger partial charge in [0.25, 0.3) is 11.8 Å². The molecule has 1 fully saturated rings. The molecule has 0 aliphatic heterocycles. The Bertz CT molecular complexity index is 1070. The summed E-state index contributed by atoms with van der Waals surface area (Å²) in [6.45, 7) is 0. The predicted molar refractivity (Wildman–Crippen MR) is 107 cm³/mol. The molecule has 3 aromatic rings. The molecule has 3 heterocycles. The van der Waals surface area contributed by atoms with Gasteiger partial charge >= 0.3 is 0 Å². The minimum absolute atomic E-state index is 0.219. The number of anilines is 1. The van der Waals surface area contributed by atoms with Gasteiger partial charge in [0.1, 0.15) is 5.69 Å². The van der Waals surface area contributed by atoms with E-state index in [0.29, 0.717) is 22.8 Å². The molecule has 1 saturated carbocycles. The molecular weight excluding hydrogens is 370 g/mol. The van der Waals surface area contributed by atoms with Crippen LogP contribution in [0.25, 0.3) is 11.3 Å². The standard InChI is InChI=1S/C21H19N5O3/c1-29-19-4-2-3-17(26-19)14-9-16(12-22-11-14)25-20(27)13-7-8-23-18(10-13)21(28)24-15-5-6-15/h2-4,7-12,15H,5-6H2,1H3,(H,24,28)(H,25,27).